The first kappa shape index (κ1) is 33.1. The number of hydrogen-bond acceptors (Lipinski definition) is 5. The minimum absolute atomic E-state index is 0.00839. The maximum absolute atomic E-state index is 3.87. The maximum atomic E-state index is 3.87. The van der Waals surface area contributed by atoms with E-state index in [-0.39, 0.29) is 18.5 Å². The van der Waals surface area contributed by atoms with Gasteiger partial charge in [0.05, 0.1) is 35.2 Å². The molecule has 1 saturated heterocycles. The number of hydrogen-bond donors (Lipinski definition) is 3. The summed E-state index contributed by atoms with van der Waals surface area (Å²) in [6, 6.07) is 66.6. The second kappa shape index (κ2) is 13.2. The number of nitrogens with one attached hydrogen (secondary N) is 3. The molecule has 1 aliphatic rings. The van der Waals surface area contributed by atoms with E-state index < -0.39 is 0 Å². The fourth-order valence-corrected chi connectivity index (χ4v) is 11.4. The van der Waals surface area contributed by atoms with Gasteiger partial charge in [0, 0.05) is 51.1 Å². The molecule has 0 aliphatic carbocycles. The lowest BCUT2D eigenvalue weighted by atomic mass is 9.97. The van der Waals surface area contributed by atoms with Crippen LogP contribution >= 0.6 is 22.7 Å². The van der Waals surface area contributed by atoms with Crippen molar-refractivity contribution in [2.24, 2.45) is 0 Å². The fourth-order valence-electron chi connectivity index (χ4n) is 9.12. The first-order valence-electron chi connectivity index (χ1n) is 19.5. The highest BCUT2D eigenvalue weighted by atomic mass is 32.1. The number of nitrogens with zero attached hydrogens (tertiary/aromatic N) is 1. The van der Waals surface area contributed by atoms with Crippen LogP contribution in [0.3, 0.4) is 0 Å². The summed E-state index contributed by atoms with van der Waals surface area (Å²) in [5.41, 5.74) is 9.87. The minimum Gasteiger partial charge on any atom is -0.309 e. The van der Waals surface area contributed by atoms with Crippen molar-refractivity contribution in [2.45, 2.75) is 18.5 Å². The monoisotopic (exact) mass is 768 g/mol. The molecule has 3 N–H and O–H groups in total. The van der Waals surface area contributed by atoms with Gasteiger partial charge in [-0.05, 0) is 76.3 Å². The van der Waals surface area contributed by atoms with Crippen LogP contribution in [0.4, 0.5) is 0 Å². The van der Waals surface area contributed by atoms with Gasteiger partial charge in [0.15, 0.2) is 0 Å². The van der Waals surface area contributed by atoms with Gasteiger partial charge in [-0.3, -0.25) is 16.0 Å². The van der Waals surface area contributed by atoms with E-state index in [1.807, 2.05) is 22.7 Å². The zero-order chi connectivity index (χ0) is 37.5. The van der Waals surface area contributed by atoms with Gasteiger partial charge in [-0.1, -0.05) is 133 Å². The Hall–Kier alpha value is -6.12. The molecule has 2 unspecified atom stereocenters. The largest absolute Gasteiger partial charge is 0.309 e. The van der Waals surface area contributed by atoms with E-state index in [1.165, 1.54) is 95.7 Å². The second-order valence-electron chi connectivity index (χ2n) is 15.0. The molecule has 4 nitrogen and oxygen atoms in total. The first-order valence-corrected chi connectivity index (χ1v) is 21.2. The lowest BCUT2D eigenvalue weighted by molar-refractivity contribution is 0.203. The highest BCUT2D eigenvalue weighted by Gasteiger charge is 2.30. The molecule has 12 rings (SSSR count). The third-order valence-electron chi connectivity index (χ3n) is 11.7. The second-order valence-corrected chi connectivity index (χ2v) is 17.2. The standard InChI is InChI=1S/C51H36N4S2/c1-3-13-31(14-4-1)49-52-50(32-15-5-2-6-16-32)54-51(53-49)34-25-27-38-46(30-34)57-44-23-11-19-35(47(38)44)33-26-28-43-39(29-33)48-42(22-12-24-45(48)56-43)55-40-20-9-7-17-36(40)37-18-8-10-21-41(37)55/h1-30,49-54H. The molecule has 6 heteroatoms. The van der Waals surface area contributed by atoms with E-state index in [9.17, 15) is 0 Å². The van der Waals surface area contributed by atoms with Crippen molar-refractivity contribution in [2.75, 3.05) is 0 Å². The summed E-state index contributed by atoms with van der Waals surface area (Å²) in [6.45, 7) is 0. The molecule has 272 valence electrons. The van der Waals surface area contributed by atoms with E-state index in [0.29, 0.717) is 0 Å². The third kappa shape index (κ3) is 5.37. The van der Waals surface area contributed by atoms with E-state index in [4.69, 9.17) is 0 Å². The van der Waals surface area contributed by atoms with Crippen molar-refractivity contribution in [1.82, 2.24) is 20.5 Å². The molecular formula is C51H36N4S2. The molecule has 11 aromatic rings. The van der Waals surface area contributed by atoms with Crippen molar-refractivity contribution in [3.63, 3.8) is 0 Å². The summed E-state index contributed by atoms with van der Waals surface area (Å²) in [7, 11) is 0. The molecule has 4 heterocycles. The number of fused-ring (bicyclic) bond motifs is 9. The van der Waals surface area contributed by atoms with Gasteiger partial charge in [0.2, 0.25) is 0 Å². The smallest absolute Gasteiger partial charge is 0.0865 e. The van der Waals surface area contributed by atoms with Gasteiger partial charge >= 0.3 is 0 Å². The normalized spacial score (nSPS) is 17.4. The average molecular weight is 769 g/mol. The maximum Gasteiger partial charge on any atom is 0.0865 e. The highest BCUT2D eigenvalue weighted by Crippen LogP contribution is 2.45. The van der Waals surface area contributed by atoms with Crippen LogP contribution in [-0.2, 0) is 0 Å². The molecular weight excluding hydrogens is 733 g/mol. The SMILES string of the molecule is c1ccc(C2NC(c3ccccc3)NC(c3ccc4c(c3)sc3cccc(-c5ccc6sc7cccc(-n8c9ccccc9c9ccccc98)c7c6c5)c34)N2)cc1. The Morgan fingerprint density at radius 3 is 1.63 bits per heavy atom. The topological polar surface area (TPSA) is 41.0 Å². The summed E-state index contributed by atoms with van der Waals surface area (Å²) in [4.78, 5) is 0. The Balaban J connectivity index is 0.977. The Morgan fingerprint density at radius 2 is 0.947 bits per heavy atom. The lowest BCUT2D eigenvalue weighted by Crippen LogP contribution is -2.54. The molecule has 0 amide bonds. The summed E-state index contributed by atoms with van der Waals surface area (Å²) in [5, 5.41) is 19.3. The molecule has 0 radical (unpaired) electrons. The van der Waals surface area contributed by atoms with Gasteiger partial charge in [-0.15, -0.1) is 22.7 Å². The van der Waals surface area contributed by atoms with Crippen LogP contribution in [0.15, 0.2) is 182 Å². The van der Waals surface area contributed by atoms with E-state index >= 15 is 0 Å². The molecule has 0 saturated carbocycles. The van der Waals surface area contributed by atoms with E-state index in [2.05, 4.69) is 203 Å². The van der Waals surface area contributed by atoms with Crippen LogP contribution in [0.5, 0.6) is 0 Å². The van der Waals surface area contributed by atoms with Gasteiger partial charge < -0.3 is 4.57 Å². The fraction of sp³-hybridized carbons (Fsp3) is 0.0588. The highest BCUT2D eigenvalue weighted by molar-refractivity contribution is 7.26. The van der Waals surface area contributed by atoms with E-state index in [1.54, 1.807) is 0 Å². The minimum atomic E-state index is -0.0474. The van der Waals surface area contributed by atoms with Gasteiger partial charge in [0.25, 0.3) is 0 Å². The van der Waals surface area contributed by atoms with E-state index in [0.717, 1.165) is 0 Å². The number of aromatic nitrogens is 1. The van der Waals surface area contributed by atoms with Crippen molar-refractivity contribution >= 4 is 84.8 Å². The van der Waals surface area contributed by atoms with Crippen molar-refractivity contribution in [3.05, 3.63) is 199 Å². The summed E-state index contributed by atoms with van der Waals surface area (Å²) >= 11 is 3.76. The van der Waals surface area contributed by atoms with Crippen molar-refractivity contribution in [1.29, 1.82) is 0 Å². The Kier molecular flexibility index (Phi) is 7.68. The zero-order valence-corrected chi connectivity index (χ0v) is 32.4. The predicted molar refractivity (Wildman–Crippen MR) is 243 cm³/mol. The van der Waals surface area contributed by atoms with Crippen LogP contribution in [0.25, 0.3) is 79.0 Å². The molecule has 1 fully saturated rings. The zero-order valence-electron chi connectivity index (χ0n) is 30.8. The molecule has 8 aromatic carbocycles. The molecule has 1 aliphatic heterocycles. The number of para-hydroxylation sites is 2. The van der Waals surface area contributed by atoms with Crippen LogP contribution < -0.4 is 16.0 Å². The van der Waals surface area contributed by atoms with Gasteiger partial charge in [0.1, 0.15) is 0 Å². The lowest BCUT2D eigenvalue weighted by Gasteiger charge is -2.39. The third-order valence-corrected chi connectivity index (χ3v) is 14.0. The van der Waals surface area contributed by atoms with Crippen molar-refractivity contribution in [3.8, 4) is 16.8 Å². The Bertz CT molecular complexity index is 3210. The van der Waals surface area contributed by atoms with Crippen molar-refractivity contribution < 1.29 is 0 Å². The molecule has 0 bridgehead atoms. The number of thiophene rings is 2. The molecule has 2 atom stereocenters. The number of rotatable bonds is 5. The summed E-state index contributed by atoms with van der Waals surface area (Å²) < 4.78 is 7.67. The van der Waals surface area contributed by atoms with Crippen LogP contribution in [-0.4, -0.2) is 4.57 Å². The Labute approximate surface area is 337 Å². The number of benzene rings is 8. The molecule has 57 heavy (non-hydrogen) atoms. The predicted octanol–water partition coefficient (Wildman–Crippen LogP) is 13.4. The average Bonchev–Trinajstić information content (AvgIpc) is 3.96. The first-order chi connectivity index (χ1) is 28.2. The van der Waals surface area contributed by atoms with Gasteiger partial charge in [-0.2, -0.15) is 0 Å². The molecule has 3 aromatic heterocycles. The van der Waals surface area contributed by atoms with Crippen LogP contribution in [0.1, 0.15) is 35.2 Å². The molecule has 0 spiro atoms. The summed E-state index contributed by atoms with van der Waals surface area (Å²) in [6.07, 6.45) is -0.0642. The summed E-state index contributed by atoms with van der Waals surface area (Å²) in [5.74, 6) is 0. The van der Waals surface area contributed by atoms with Crippen LogP contribution in [0, 0.1) is 0 Å². The Morgan fingerprint density at radius 1 is 0.368 bits per heavy atom. The van der Waals surface area contributed by atoms with Crippen LogP contribution in [0.2, 0.25) is 0 Å². The van der Waals surface area contributed by atoms with Gasteiger partial charge in [-0.25, -0.2) is 0 Å². The quantitative estimate of drug-likeness (QED) is 0.163.